The quantitative estimate of drug-likeness (QED) is 0.0738. The Morgan fingerprint density at radius 2 is 1.76 bits per heavy atom. The van der Waals surface area contributed by atoms with E-state index in [0.29, 0.717) is 17.2 Å². The maximum absolute atomic E-state index is 13.3. The van der Waals surface area contributed by atoms with Crippen molar-refractivity contribution in [2.24, 2.45) is 0 Å². The lowest BCUT2D eigenvalue weighted by atomic mass is 9.96. The van der Waals surface area contributed by atoms with E-state index in [1.165, 1.54) is 25.9 Å². The number of hydrogen-bond acceptors (Lipinski definition) is 12. The van der Waals surface area contributed by atoms with Crippen molar-refractivity contribution in [1.82, 2.24) is 14.2 Å². The van der Waals surface area contributed by atoms with Crippen LogP contribution < -0.4 is 4.74 Å². The fourth-order valence-electron chi connectivity index (χ4n) is 5.92. The molecule has 1 amide bonds. The van der Waals surface area contributed by atoms with Crippen LogP contribution in [-0.2, 0) is 31.8 Å². The fraction of sp³-hybridized carbons (Fsp3) is 0.526. The molecule has 0 bridgehead atoms. The van der Waals surface area contributed by atoms with Gasteiger partial charge in [-0.15, -0.1) is 11.8 Å². The third-order valence-electron chi connectivity index (χ3n) is 9.60. The van der Waals surface area contributed by atoms with Crippen LogP contribution in [0.25, 0.3) is 11.1 Å². The van der Waals surface area contributed by atoms with Gasteiger partial charge in [0.1, 0.15) is 30.2 Å². The van der Waals surface area contributed by atoms with Gasteiger partial charge in [-0.05, 0) is 79.3 Å². The first kappa shape index (κ1) is 42.3. The average Bonchev–Trinajstić information content (AvgIpc) is 4.12. The van der Waals surface area contributed by atoms with Crippen molar-refractivity contribution >= 4 is 39.3 Å². The molecule has 296 valence electrons. The standard InChI is InChI=1S/C38H50ClN3O10S2/c1-41(2)54(49,50)19-17-42(22-32(44)36(47)37(48)33(45)23-43)35(46)8-5-18-53-27-11-12-31(39)25(20-27)24-51-38(14-15-38)30-21-40-16-13-28(30)29-6-3-4-7-34(29)52-26-9-10-26/h3-4,6-7,11-13,16,20-21,26,32-33,36-37,43-45,47-48H,5,8-10,14-15,17-19,22-24H2,1-2H3/t32-,33+,36+,37+/m0/s1. The summed E-state index contributed by atoms with van der Waals surface area (Å²) in [6, 6.07) is 15.7. The van der Waals surface area contributed by atoms with Crippen molar-refractivity contribution < 1.29 is 48.2 Å². The second kappa shape index (κ2) is 18.9. The van der Waals surface area contributed by atoms with E-state index in [2.05, 4.69) is 11.1 Å². The van der Waals surface area contributed by atoms with Crippen LogP contribution in [0.1, 0.15) is 49.7 Å². The minimum absolute atomic E-state index is 0.0218. The van der Waals surface area contributed by atoms with Gasteiger partial charge in [0.15, 0.2) is 0 Å². The van der Waals surface area contributed by atoms with Crippen LogP contribution in [-0.4, -0.2) is 130 Å². The van der Waals surface area contributed by atoms with Gasteiger partial charge in [0.05, 0.1) is 30.7 Å². The van der Waals surface area contributed by atoms with Gasteiger partial charge in [0.2, 0.25) is 15.9 Å². The van der Waals surface area contributed by atoms with Crippen LogP contribution in [0.2, 0.25) is 5.02 Å². The van der Waals surface area contributed by atoms with Crippen molar-refractivity contribution in [3.8, 4) is 16.9 Å². The van der Waals surface area contributed by atoms with Crippen molar-refractivity contribution in [2.75, 3.05) is 45.3 Å². The van der Waals surface area contributed by atoms with E-state index in [1.54, 1.807) is 6.20 Å². The Labute approximate surface area is 325 Å². The van der Waals surface area contributed by atoms with Crippen LogP contribution in [0.5, 0.6) is 5.75 Å². The summed E-state index contributed by atoms with van der Waals surface area (Å²) in [5.41, 5.74) is 3.38. The van der Waals surface area contributed by atoms with Gasteiger partial charge in [0, 0.05) is 67.0 Å². The Hall–Kier alpha value is -2.83. The molecule has 5 rings (SSSR count). The molecule has 3 aromatic rings. The molecule has 2 aliphatic carbocycles. The number of nitrogens with zero attached hydrogens (tertiary/aromatic N) is 3. The Bertz CT molecular complexity index is 1830. The zero-order valence-electron chi connectivity index (χ0n) is 30.5. The molecule has 0 unspecified atom stereocenters. The fourth-order valence-corrected chi connectivity index (χ4v) is 7.82. The second-order valence-corrected chi connectivity index (χ2v) is 17.8. The lowest BCUT2D eigenvalue weighted by molar-refractivity contribution is -0.139. The largest absolute Gasteiger partial charge is 0.490 e. The maximum Gasteiger partial charge on any atom is 0.222 e. The Morgan fingerprint density at radius 3 is 2.44 bits per heavy atom. The number of para-hydroxylation sites is 1. The summed E-state index contributed by atoms with van der Waals surface area (Å²) in [5, 5.41) is 50.2. The zero-order valence-corrected chi connectivity index (χ0v) is 32.8. The number of halogens is 1. The van der Waals surface area contributed by atoms with E-state index < -0.39 is 64.9 Å². The number of aliphatic hydroxyl groups excluding tert-OH is 5. The predicted molar refractivity (Wildman–Crippen MR) is 206 cm³/mol. The van der Waals surface area contributed by atoms with Gasteiger partial charge in [-0.25, -0.2) is 12.7 Å². The highest BCUT2D eigenvalue weighted by Crippen LogP contribution is 2.53. The van der Waals surface area contributed by atoms with Crippen LogP contribution >= 0.6 is 23.4 Å². The molecule has 0 aliphatic heterocycles. The molecule has 2 aromatic carbocycles. The molecule has 2 fully saturated rings. The number of amides is 1. The molecular formula is C38H50ClN3O10S2. The molecule has 2 saturated carbocycles. The van der Waals surface area contributed by atoms with E-state index in [0.717, 1.165) is 67.8 Å². The molecular weight excluding hydrogens is 758 g/mol. The smallest absolute Gasteiger partial charge is 0.222 e. The summed E-state index contributed by atoms with van der Waals surface area (Å²) < 4.78 is 38.7. The van der Waals surface area contributed by atoms with E-state index in [4.69, 9.17) is 26.2 Å². The molecule has 13 nitrogen and oxygen atoms in total. The van der Waals surface area contributed by atoms with E-state index in [1.807, 2.05) is 48.7 Å². The number of carbonyl (C=O) groups is 1. The summed E-state index contributed by atoms with van der Waals surface area (Å²) >= 11 is 8.15. The lowest BCUT2D eigenvalue weighted by Gasteiger charge is -2.30. The van der Waals surface area contributed by atoms with Gasteiger partial charge in [0.25, 0.3) is 0 Å². The van der Waals surface area contributed by atoms with E-state index in [-0.39, 0.29) is 25.7 Å². The zero-order chi connectivity index (χ0) is 39.0. The minimum atomic E-state index is -3.69. The van der Waals surface area contributed by atoms with Gasteiger partial charge >= 0.3 is 0 Å². The number of aromatic nitrogens is 1. The van der Waals surface area contributed by atoms with Crippen LogP contribution in [0.15, 0.2) is 65.8 Å². The summed E-state index contributed by atoms with van der Waals surface area (Å²) in [6.45, 7) is -1.33. The maximum atomic E-state index is 13.3. The number of aliphatic hydroxyl groups is 5. The first-order chi connectivity index (χ1) is 25.7. The summed E-state index contributed by atoms with van der Waals surface area (Å²) in [4.78, 5) is 19.7. The highest BCUT2D eigenvalue weighted by molar-refractivity contribution is 7.99. The Balaban J connectivity index is 1.18. The normalized spacial score (nSPS) is 17.5. The van der Waals surface area contributed by atoms with Gasteiger partial charge in [-0.3, -0.25) is 9.78 Å². The first-order valence-corrected chi connectivity index (χ1v) is 21.0. The molecule has 16 heteroatoms. The Morgan fingerprint density at radius 1 is 1.04 bits per heavy atom. The highest BCUT2D eigenvalue weighted by atomic mass is 35.5. The second-order valence-electron chi connectivity index (χ2n) is 14.0. The van der Waals surface area contributed by atoms with E-state index >= 15 is 0 Å². The number of sulfonamides is 1. The lowest BCUT2D eigenvalue weighted by Crippen LogP contribution is -2.51. The molecule has 5 N–H and O–H groups in total. The minimum Gasteiger partial charge on any atom is -0.490 e. The molecule has 1 heterocycles. The average molecular weight is 808 g/mol. The molecule has 0 radical (unpaired) electrons. The summed E-state index contributed by atoms with van der Waals surface area (Å²) in [5.74, 6) is 0.514. The topological polar surface area (TPSA) is 190 Å². The SMILES string of the molecule is CN(C)S(=O)(=O)CCN(C[C@H](O)[C@@H](O)[C@H](O)[C@H](O)CO)C(=O)CCCSc1ccc(Cl)c(COC2(c3cnccc3-c3ccccc3OC3CC3)CC2)c1. The van der Waals surface area contributed by atoms with Gasteiger partial charge in [-0.2, -0.15) is 0 Å². The van der Waals surface area contributed by atoms with Crippen LogP contribution in [0, 0.1) is 0 Å². The predicted octanol–water partition coefficient (Wildman–Crippen LogP) is 3.18. The number of thioether (sulfide) groups is 1. The molecule has 2 aliphatic rings. The molecule has 0 saturated heterocycles. The number of hydrogen-bond donors (Lipinski definition) is 5. The summed E-state index contributed by atoms with van der Waals surface area (Å²) in [6.07, 6.45) is 0.976. The number of rotatable bonds is 22. The van der Waals surface area contributed by atoms with Gasteiger partial charge in [-0.1, -0.05) is 29.8 Å². The van der Waals surface area contributed by atoms with Crippen molar-refractivity contribution in [3.05, 3.63) is 77.1 Å². The number of benzene rings is 2. The van der Waals surface area contributed by atoms with Crippen molar-refractivity contribution in [1.29, 1.82) is 0 Å². The van der Waals surface area contributed by atoms with Crippen molar-refractivity contribution in [3.63, 3.8) is 0 Å². The van der Waals surface area contributed by atoms with E-state index in [9.17, 15) is 33.6 Å². The molecule has 0 spiro atoms. The van der Waals surface area contributed by atoms with Gasteiger partial charge < -0.3 is 39.9 Å². The van der Waals surface area contributed by atoms with Crippen LogP contribution in [0.3, 0.4) is 0 Å². The first-order valence-electron chi connectivity index (χ1n) is 18.0. The molecule has 54 heavy (non-hydrogen) atoms. The number of ether oxygens (including phenoxy) is 2. The third-order valence-corrected chi connectivity index (χ3v) is 12.9. The Kier molecular flexibility index (Phi) is 14.8. The molecule has 4 atom stereocenters. The summed E-state index contributed by atoms with van der Waals surface area (Å²) in [7, 11) is -0.958. The van der Waals surface area contributed by atoms with Crippen LogP contribution in [0.4, 0.5) is 0 Å². The molecule has 1 aromatic heterocycles. The highest BCUT2D eigenvalue weighted by Gasteiger charge is 2.48. The van der Waals surface area contributed by atoms with Crippen molar-refractivity contribution in [2.45, 2.75) is 86.1 Å². The number of carbonyl (C=O) groups excluding carboxylic acids is 1. The third kappa shape index (κ3) is 11.1. The number of pyridine rings is 1. The monoisotopic (exact) mass is 807 g/mol.